The Labute approximate surface area is 118 Å². The Morgan fingerprint density at radius 1 is 1.17 bits per heavy atom. The van der Waals surface area contributed by atoms with Gasteiger partial charge in [-0.15, -0.1) is 6.58 Å². The summed E-state index contributed by atoms with van der Waals surface area (Å²) in [6, 6.07) is 5.18. The van der Waals surface area contributed by atoms with Gasteiger partial charge in [0.25, 0.3) is 0 Å². The second-order valence-electron chi connectivity index (χ2n) is 3.53. The highest BCUT2D eigenvalue weighted by Crippen LogP contribution is 2.26. The highest BCUT2D eigenvalue weighted by Gasteiger charge is 1.99. The fraction of sp³-hybridized carbons (Fsp3) is 0.385. The minimum atomic E-state index is 0.486. The second-order valence-corrected chi connectivity index (χ2v) is 4.34. The molecule has 0 amide bonds. The van der Waals surface area contributed by atoms with Crippen LogP contribution in [0.4, 0.5) is 0 Å². The molecule has 0 fully saturated rings. The van der Waals surface area contributed by atoms with Crippen LogP contribution in [0.2, 0.25) is 10.0 Å². The summed E-state index contributed by atoms with van der Waals surface area (Å²) in [5, 5.41) is 4.15. The van der Waals surface area contributed by atoms with Crippen LogP contribution < -0.4 is 10.1 Å². The zero-order chi connectivity index (χ0) is 13.2. The third kappa shape index (κ3) is 6.26. The molecule has 3 nitrogen and oxygen atoms in total. The molecular formula is C13H17Cl2NO2. The normalized spacial score (nSPS) is 10.3. The van der Waals surface area contributed by atoms with Gasteiger partial charge in [0, 0.05) is 19.2 Å². The van der Waals surface area contributed by atoms with E-state index in [1.165, 1.54) is 0 Å². The first-order valence-electron chi connectivity index (χ1n) is 5.71. The molecule has 5 heteroatoms. The lowest BCUT2D eigenvalue weighted by atomic mass is 10.3. The van der Waals surface area contributed by atoms with Crippen molar-refractivity contribution in [3.05, 3.63) is 40.9 Å². The minimum absolute atomic E-state index is 0.486. The first-order chi connectivity index (χ1) is 8.74. The van der Waals surface area contributed by atoms with Crippen molar-refractivity contribution in [3.63, 3.8) is 0 Å². The number of hydrogen-bond donors (Lipinski definition) is 1. The summed E-state index contributed by atoms with van der Waals surface area (Å²) in [4.78, 5) is 0. The van der Waals surface area contributed by atoms with E-state index >= 15 is 0 Å². The van der Waals surface area contributed by atoms with E-state index in [-0.39, 0.29) is 0 Å². The van der Waals surface area contributed by atoms with Crippen LogP contribution in [0.15, 0.2) is 30.9 Å². The highest BCUT2D eigenvalue weighted by molar-refractivity contribution is 6.42. The first kappa shape index (κ1) is 15.3. The van der Waals surface area contributed by atoms with E-state index < -0.39 is 0 Å². The van der Waals surface area contributed by atoms with Crippen molar-refractivity contribution in [1.29, 1.82) is 0 Å². The van der Waals surface area contributed by atoms with Crippen molar-refractivity contribution in [1.82, 2.24) is 5.32 Å². The topological polar surface area (TPSA) is 30.5 Å². The fourth-order valence-corrected chi connectivity index (χ4v) is 1.52. The number of benzene rings is 1. The standard InChI is InChI=1S/C13H17Cl2NO2/c1-2-5-16-6-7-17-8-9-18-11-3-4-12(14)13(15)10-11/h2-4,10,16H,1,5-9H2. The molecule has 1 aromatic carbocycles. The molecular weight excluding hydrogens is 273 g/mol. The van der Waals surface area contributed by atoms with Crippen LogP contribution >= 0.6 is 23.2 Å². The lowest BCUT2D eigenvalue weighted by Crippen LogP contribution is -2.20. The number of halogens is 2. The molecule has 0 aliphatic rings. The molecule has 0 saturated heterocycles. The summed E-state index contributed by atoms with van der Waals surface area (Å²) in [5.74, 6) is 0.692. The van der Waals surface area contributed by atoms with Crippen LogP contribution in [0.1, 0.15) is 0 Å². The summed E-state index contributed by atoms with van der Waals surface area (Å²) in [5.41, 5.74) is 0. The smallest absolute Gasteiger partial charge is 0.121 e. The molecule has 0 saturated carbocycles. The van der Waals surface area contributed by atoms with E-state index in [0.717, 1.165) is 13.1 Å². The van der Waals surface area contributed by atoms with Crippen molar-refractivity contribution in [2.45, 2.75) is 0 Å². The molecule has 0 aliphatic carbocycles. The summed E-state index contributed by atoms with van der Waals surface area (Å²) in [6.07, 6.45) is 1.81. The van der Waals surface area contributed by atoms with Gasteiger partial charge in [-0.1, -0.05) is 29.3 Å². The number of ether oxygens (including phenoxy) is 2. The molecule has 0 heterocycles. The van der Waals surface area contributed by atoms with E-state index in [1.54, 1.807) is 18.2 Å². The van der Waals surface area contributed by atoms with Crippen molar-refractivity contribution >= 4 is 23.2 Å². The molecule has 1 rings (SSSR count). The fourth-order valence-electron chi connectivity index (χ4n) is 1.24. The third-order valence-corrected chi connectivity index (χ3v) is 2.84. The SMILES string of the molecule is C=CCNCCOCCOc1ccc(Cl)c(Cl)c1. The van der Waals surface area contributed by atoms with Gasteiger partial charge in [0.05, 0.1) is 23.3 Å². The molecule has 18 heavy (non-hydrogen) atoms. The minimum Gasteiger partial charge on any atom is -0.491 e. The quantitative estimate of drug-likeness (QED) is 0.560. The van der Waals surface area contributed by atoms with Crippen molar-refractivity contribution in [2.75, 3.05) is 32.9 Å². The zero-order valence-corrected chi connectivity index (χ0v) is 11.6. The predicted octanol–water partition coefficient (Wildman–Crippen LogP) is 3.16. The van der Waals surface area contributed by atoms with E-state index in [4.69, 9.17) is 32.7 Å². The maximum Gasteiger partial charge on any atom is 0.121 e. The maximum atomic E-state index is 5.87. The third-order valence-electron chi connectivity index (χ3n) is 2.10. The average Bonchev–Trinajstić information content (AvgIpc) is 2.37. The molecule has 0 spiro atoms. The van der Waals surface area contributed by atoms with Gasteiger partial charge in [-0.05, 0) is 12.1 Å². The van der Waals surface area contributed by atoms with Gasteiger partial charge in [0.2, 0.25) is 0 Å². The van der Waals surface area contributed by atoms with Gasteiger partial charge in [-0.25, -0.2) is 0 Å². The number of hydrogen-bond acceptors (Lipinski definition) is 3. The van der Waals surface area contributed by atoms with Crippen molar-refractivity contribution in [3.8, 4) is 5.75 Å². The van der Waals surface area contributed by atoms with Gasteiger partial charge < -0.3 is 14.8 Å². The molecule has 1 N–H and O–H groups in total. The van der Waals surface area contributed by atoms with Gasteiger partial charge >= 0.3 is 0 Å². The largest absolute Gasteiger partial charge is 0.491 e. The van der Waals surface area contributed by atoms with E-state index in [9.17, 15) is 0 Å². The Hall–Kier alpha value is -0.740. The van der Waals surface area contributed by atoms with E-state index in [2.05, 4.69) is 11.9 Å². The lowest BCUT2D eigenvalue weighted by Gasteiger charge is -2.08. The Morgan fingerprint density at radius 3 is 2.72 bits per heavy atom. The summed E-state index contributed by atoms with van der Waals surface area (Å²) in [7, 11) is 0. The number of rotatable bonds is 9. The highest BCUT2D eigenvalue weighted by atomic mass is 35.5. The van der Waals surface area contributed by atoms with Crippen LogP contribution in [0.25, 0.3) is 0 Å². The van der Waals surface area contributed by atoms with Crippen LogP contribution in [-0.4, -0.2) is 32.9 Å². The van der Waals surface area contributed by atoms with Crippen LogP contribution in [-0.2, 0) is 4.74 Å². The molecule has 100 valence electrons. The summed E-state index contributed by atoms with van der Waals surface area (Å²) >= 11 is 11.7. The van der Waals surface area contributed by atoms with E-state index in [0.29, 0.717) is 35.6 Å². The molecule has 0 atom stereocenters. The molecule has 0 radical (unpaired) electrons. The summed E-state index contributed by atoms with van der Waals surface area (Å²) < 4.78 is 10.8. The molecule has 0 unspecified atom stereocenters. The summed E-state index contributed by atoms with van der Waals surface area (Å²) in [6.45, 7) is 6.88. The number of nitrogens with one attached hydrogen (secondary N) is 1. The first-order valence-corrected chi connectivity index (χ1v) is 6.47. The van der Waals surface area contributed by atoms with Crippen LogP contribution in [0.3, 0.4) is 0 Å². The predicted molar refractivity (Wildman–Crippen MR) is 75.8 cm³/mol. The van der Waals surface area contributed by atoms with E-state index in [1.807, 2.05) is 6.08 Å². The van der Waals surface area contributed by atoms with Gasteiger partial charge in [-0.2, -0.15) is 0 Å². The second kappa shape index (κ2) is 9.22. The monoisotopic (exact) mass is 289 g/mol. The van der Waals surface area contributed by atoms with Crippen molar-refractivity contribution < 1.29 is 9.47 Å². The molecule has 0 bridgehead atoms. The van der Waals surface area contributed by atoms with Gasteiger partial charge in [0.1, 0.15) is 12.4 Å². The lowest BCUT2D eigenvalue weighted by molar-refractivity contribution is 0.102. The Bertz CT molecular complexity index is 372. The van der Waals surface area contributed by atoms with Crippen LogP contribution in [0.5, 0.6) is 5.75 Å². The molecule has 0 aliphatic heterocycles. The Balaban J connectivity index is 2.07. The zero-order valence-electron chi connectivity index (χ0n) is 10.1. The van der Waals surface area contributed by atoms with Crippen LogP contribution in [0, 0.1) is 0 Å². The Kier molecular flexibility index (Phi) is 7.85. The average molecular weight is 290 g/mol. The molecule has 0 aromatic heterocycles. The van der Waals surface area contributed by atoms with Gasteiger partial charge in [-0.3, -0.25) is 0 Å². The van der Waals surface area contributed by atoms with Crippen molar-refractivity contribution in [2.24, 2.45) is 0 Å². The van der Waals surface area contributed by atoms with Gasteiger partial charge in [0.15, 0.2) is 0 Å². The maximum absolute atomic E-state index is 5.87. The molecule has 1 aromatic rings. The Morgan fingerprint density at radius 2 is 2.00 bits per heavy atom.